The summed E-state index contributed by atoms with van der Waals surface area (Å²) < 4.78 is 0. The average molecular weight is 264 g/mol. The van der Waals surface area contributed by atoms with Crippen molar-refractivity contribution in [1.82, 2.24) is 9.97 Å². The van der Waals surface area contributed by atoms with Gasteiger partial charge in [0.05, 0.1) is 11.4 Å². The Morgan fingerprint density at radius 2 is 1.00 bits per heavy atom. The fourth-order valence-electron chi connectivity index (χ4n) is 3.45. The van der Waals surface area contributed by atoms with Crippen molar-refractivity contribution in [3.05, 3.63) is 46.8 Å². The minimum Gasteiger partial charge on any atom is -0.251 e. The summed E-state index contributed by atoms with van der Waals surface area (Å²) in [6, 6.07) is 8.83. The minimum absolute atomic E-state index is 1.05. The van der Waals surface area contributed by atoms with E-state index in [2.05, 4.69) is 24.3 Å². The summed E-state index contributed by atoms with van der Waals surface area (Å²) in [5.74, 6) is 0. The van der Waals surface area contributed by atoms with Crippen LogP contribution in [0.2, 0.25) is 0 Å². The first-order valence-electron chi connectivity index (χ1n) is 7.88. The zero-order valence-corrected chi connectivity index (χ0v) is 11.9. The standard InChI is InChI=1S/C18H20N2/c1-3-7-15-13(5-1)9-11-17(19-15)18-12-10-14-6-2-4-8-16(14)20-18/h9-12H,1-8H2. The lowest BCUT2D eigenvalue weighted by molar-refractivity contribution is 0.665. The maximum atomic E-state index is 4.87. The molecule has 0 atom stereocenters. The molecule has 0 amide bonds. The molecule has 20 heavy (non-hydrogen) atoms. The average Bonchev–Trinajstić information content (AvgIpc) is 2.54. The molecule has 0 aliphatic heterocycles. The highest BCUT2D eigenvalue weighted by atomic mass is 14.8. The molecular weight excluding hydrogens is 244 g/mol. The molecule has 0 saturated heterocycles. The van der Waals surface area contributed by atoms with Crippen molar-refractivity contribution in [2.24, 2.45) is 0 Å². The molecule has 2 heteroatoms. The van der Waals surface area contributed by atoms with Crippen molar-refractivity contribution >= 4 is 0 Å². The third-order valence-corrected chi connectivity index (χ3v) is 4.62. The van der Waals surface area contributed by atoms with Crippen LogP contribution in [0, 0.1) is 0 Å². The smallest absolute Gasteiger partial charge is 0.0889 e. The number of aromatic nitrogens is 2. The van der Waals surface area contributed by atoms with E-state index in [0.29, 0.717) is 0 Å². The van der Waals surface area contributed by atoms with Gasteiger partial charge in [-0.05, 0) is 74.6 Å². The molecule has 0 unspecified atom stereocenters. The molecule has 0 aromatic carbocycles. The Bertz CT molecular complexity index is 588. The number of aryl methyl sites for hydroxylation is 4. The van der Waals surface area contributed by atoms with Crippen molar-refractivity contribution < 1.29 is 0 Å². The normalized spacial score (nSPS) is 17.4. The first kappa shape index (κ1) is 12.1. The van der Waals surface area contributed by atoms with Crippen LogP contribution in [0.1, 0.15) is 48.2 Å². The Morgan fingerprint density at radius 1 is 0.550 bits per heavy atom. The van der Waals surface area contributed by atoms with E-state index >= 15 is 0 Å². The Morgan fingerprint density at radius 3 is 1.50 bits per heavy atom. The molecule has 2 aromatic heterocycles. The zero-order chi connectivity index (χ0) is 13.4. The quantitative estimate of drug-likeness (QED) is 0.780. The minimum atomic E-state index is 1.05. The van der Waals surface area contributed by atoms with E-state index in [1.807, 2.05) is 0 Å². The molecule has 2 nitrogen and oxygen atoms in total. The van der Waals surface area contributed by atoms with Crippen molar-refractivity contribution in [1.29, 1.82) is 0 Å². The summed E-state index contributed by atoms with van der Waals surface area (Å²) in [7, 11) is 0. The molecule has 0 spiro atoms. The van der Waals surface area contributed by atoms with Crippen molar-refractivity contribution in [2.75, 3.05) is 0 Å². The van der Waals surface area contributed by atoms with Gasteiger partial charge in [0.25, 0.3) is 0 Å². The molecule has 0 fully saturated rings. The number of nitrogens with zero attached hydrogens (tertiary/aromatic N) is 2. The summed E-state index contributed by atoms with van der Waals surface area (Å²) in [6.07, 6.45) is 9.83. The van der Waals surface area contributed by atoms with Gasteiger partial charge >= 0.3 is 0 Å². The van der Waals surface area contributed by atoms with Crippen LogP contribution < -0.4 is 0 Å². The molecule has 2 aromatic rings. The third-order valence-electron chi connectivity index (χ3n) is 4.62. The number of rotatable bonds is 1. The Kier molecular flexibility index (Phi) is 3.02. The van der Waals surface area contributed by atoms with Crippen LogP contribution in [0.5, 0.6) is 0 Å². The van der Waals surface area contributed by atoms with E-state index in [1.54, 1.807) is 0 Å². The summed E-state index contributed by atoms with van der Waals surface area (Å²) >= 11 is 0. The van der Waals surface area contributed by atoms with Crippen LogP contribution >= 0.6 is 0 Å². The Labute approximate surface area is 120 Å². The van der Waals surface area contributed by atoms with Crippen LogP contribution in [0.25, 0.3) is 11.4 Å². The van der Waals surface area contributed by atoms with Gasteiger partial charge in [-0.3, -0.25) is 9.97 Å². The van der Waals surface area contributed by atoms with E-state index in [-0.39, 0.29) is 0 Å². The maximum absolute atomic E-state index is 4.87. The van der Waals surface area contributed by atoms with Gasteiger partial charge in [0, 0.05) is 11.4 Å². The van der Waals surface area contributed by atoms with Crippen LogP contribution in [0.15, 0.2) is 24.3 Å². The fourth-order valence-corrected chi connectivity index (χ4v) is 3.45. The molecule has 4 rings (SSSR count). The second kappa shape index (κ2) is 5.01. The number of hydrogen-bond donors (Lipinski definition) is 0. The van der Waals surface area contributed by atoms with E-state index in [1.165, 1.54) is 61.0 Å². The van der Waals surface area contributed by atoms with Crippen molar-refractivity contribution in [2.45, 2.75) is 51.4 Å². The van der Waals surface area contributed by atoms with Gasteiger partial charge < -0.3 is 0 Å². The van der Waals surface area contributed by atoms with E-state index < -0.39 is 0 Å². The molecule has 102 valence electrons. The van der Waals surface area contributed by atoms with Crippen LogP contribution in [0.4, 0.5) is 0 Å². The van der Waals surface area contributed by atoms with Gasteiger partial charge in [-0.1, -0.05) is 12.1 Å². The SMILES string of the molecule is c1cc2c(nc1-c1ccc3c(n1)CCCC3)CCCC2. The fraction of sp³-hybridized carbons (Fsp3) is 0.444. The maximum Gasteiger partial charge on any atom is 0.0889 e. The van der Waals surface area contributed by atoms with E-state index in [4.69, 9.17) is 9.97 Å². The largest absolute Gasteiger partial charge is 0.251 e. The second-order valence-corrected chi connectivity index (χ2v) is 6.02. The molecule has 0 bridgehead atoms. The first-order valence-corrected chi connectivity index (χ1v) is 7.88. The van der Waals surface area contributed by atoms with Gasteiger partial charge in [-0.15, -0.1) is 0 Å². The van der Waals surface area contributed by atoms with Gasteiger partial charge in [0.2, 0.25) is 0 Å². The van der Waals surface area contributed by atoms with Crippen molar-refractivity contribution in [3.63, 3.8) is 0 Å². The van der Waals surface area contributed by atoms with E-state index in [0.717, 1.165) is 24.2 Å². The number of hydrogen-bond acceptors (Lipinski definition) is 2. The van der Waals surface area contributed by atoms with Crippen molar-refractivity contribution in [3.8, 4) is 11.4 Å². The van der Waals surface area contributed by atoms with Crippen LogP contribution in [-0.4, -0.2) is 9.97 Å². The summed E-state index contributed by atoms with van der Waals surface area (Å²) in [6.45, 7) is 0. The van der Waals surface area contributed by atoms with Crippen LogP contribution in [-0.2, 0) is 25.7 Å². The topological polar surface area (TPSA) is 25.8 Å². The van der Waals surface area contributed by atoms with Gasteiger partial charge in [0.1, 0.15) is 0 Å². The summed E-state index contributed by atoms with van der Waals surface area (Å²) in [5, 5.41) is 0. The monoisotopic (exact) mass is 264 g/mol. The summed E-state index contributed by atoms with van der Waals surface area (Å²) in [5.41, 5.74) is 7.59. The number of pyridine rings is 2. The molecule has 2 heterocycles. The third kappa shape index (κ3) is 2.13. The molecule has 0 N–H and O–H groups in total. The second-order valence-electron chi connectivity index (χ2n) is 6.02. The molecule has 0 radical (unpaired) electrons. The number of fused-ring (bicyclic) bond motifs is 2. The zero-order valence-electron chi connectivity index (χ0n) is 11.9. The summed E-state index contributed by atoms with van der Waals surface area (Å²) in [4.78, 5) is 9.74. The molecule has 0 saturated carbocycles. The highest BCUT2D eigenvalue weighted by Crippen LogP contribution is 2.26. The lowest BCUT2D eigenvalue weighted by atomic mass is 9.94. The van der Waals surface area contributed by atoms with E-state index in [9.17, 15) is 0 Å². The molecular formula is C18H20N2. The van der Waals surface area contributed by atoms with Gasteiger partial charge in [-0.2, -0.15) is 0 Å². The first-order chi connectivity index (χ1) is 9.90. The predicted molar refractivity (Wildman–Crippen MR) is 80.8 cm³/mol. The highest BCUT2D eigenvalue weighted by Gasteiger charge is 2.15. The molecule has 2 aliphatic rings. The lowest BCUT2D eigenvalue weighted by Crippen LogP contribution is -2.08. The van der Waals surface area contributed by atoms with Gasteiger partial charge in [0.15, 0.2) is 0 Å². The Balaban J connectivity index is 1.73. The lowest BCUT2D eigenvalue weighted by Gasteiger charge is -2.17. The van der Waals surface area contributed by atoms with Crippen LogP contribution in [0.3, 0.4) is 0 Å². The molecule has 2 aliphatic carbocycles. The highest BCUT2D eigenvalue weighted by molar-refractivity contribution is 5.56. The predicted octanol–water partition coefficient (Wildman–Crippen LogP) is 3.90. The Hall–Kier alpha value is -1.70. The van der Waals surface area contributed by atoms with Gasteiger partial charge in [-0.25, -0.2) is 0 Å².